The summed E-state index contributed by atoms with van der Waals surface area (Å²) in [6, 6.07) is 10.4. The highest BCUT2D eigenvalue weighted by Gasteiger charge is 2.16. The smallest absolute Gasteiger partial charge is 0.258 e. The lowest BCUT2D eigenvalue weighted by Gasteiger charge is -2.13. The van der Waals surface area contributed by atoms with Crippen LogP contribution in [0.2, 0.25) is 0 Å². The molecule has 0 spiro atoms. The van der Waals surface area contributed by atoms with Crippen molar-refractivity contribution in [3.63, 3.8) is 0 Å². The van der Waals surface area contributed by atoms with Gasteiger partial charge in [0.2, 0.25) is 0 Å². The molecule has 0 unspecified atom stereocenters. The predicted molar refractivity (Wildman–Crippen MR) is 118 cm³/mol. The summed E-state index contributed by atoms with van der Waals surface area (Å²) in [6.45, 7) is 0. The molecule has 2 amide bonds. The Kier molecular flexibility index (Phi) is 6.95. The van der Waals surface area contributed by atoms with E-state index in [9.17, 15) is 9.59 Å². The molecular formula is C15H10BrI2N3O2S. The number of carbonyl (C=O) groups is 2. The van der Waals surface area contributed by atoms with Crippen LogP contribution < -0.4 is 16.4 Å². The zero-order chi connectivity index (χ0) is 17.9. The monoisotopic (exact) mass is 629 g/mol. The van der Waals surface area contributed by atoms with E-state index in [2.05, 4.69) is 71.7 Å². The average molecular weight is 630 g/mol. The van der Waals surface area contributed by atoms with Crippen LogP contribution in [0.15, 0.2) is 40.9 Å². The Labute approximate surface area is 179 Å². The first kappa shape index (κ1) is 19.5. The van der Waals surface area contributed by atoms with E-state index in [-0.39, 0.29) is 11.0 Å². The molecule has 0 aromatic heterocycles. The normalized spacial score (nSPS) is 10.1. The minimum Gasteiger partial charge on any atom is -0.366 e. The van der Waals surface area contributed by atoms with Crippen LogP contribution in [0.5, 0.6) is 0 Å². The average Bonchev–Trinajstić information content (AvgIpc) is 2.50. The van der Waals surface area contributed by atoms with E-state index in [1.807, 2.05) is 6.07 Å². The number of carbonyl (C=O) groups excluding carboxylic acids is 2. The number of rotatable bonds is 3. The van der Waals surface area contributed by atoms with Gasteiger partial charge in [-0.15, -0.1) is 0 Å². The zero-order valence-corrected chi connectivity index (χ0v) is 18.6. The molecule has 9 heteroatoms. The number of para-hydroxylation sites is 1. The highest BCUT2D eigenvalue weighted by Crippen LogP contribution is 2.26. The van der Waals surface area contributed by atoms with Crippen molar-refractivity contribution in [2.45, 2.75) is 0 Å². The Morgan fingerprint density at radius 1 is 1.12 bits per heavy atom. The van der Waals surface area contributed by atoms with Gasteiger partial charge in [0, 0.05) is 11.6 Å². The minimum atomic E-state index is -0.581. The molecule has 0 fully saturated rings. The van der Waals surface area contributed by atoms with Crippen molar-refractivity contribution >= 4 is 95.9 Å². The third-order valence-electron chi connectivity index (χ3n) is 2.91. The molecule has 0 saturated carbocycles. The summed E-state index contributed by atoms with van der Waals surface area (Å²) < 4.78 is 2.55. The molecule has 0 atom stereocenters. The lowest BCUT2D eigenvalue weighted by Crippen LogP contribution is -2.35. The van der Waals surface area contributed by atoms with E-state index in [4.69, 9.17) is 18.0 Å². The van der Waals surface area contributed by atoms with Crippen molar-refractivity contribution in [1.29, 1.82) is 0 Å². The molecule has 2 aromatic rings. The van der Waals surface area contributed by atoms with Crippen LogP contribution in [0.1, 0.15) is 20.7 Å². The van der Waals surface area contributed by atoms with Crippen LogP contribution >= 0.6 is 73.3 Å². The van der Waals surface area contributed by atoms with Crippen molar-refractivity contribution in [2.75, 3.05) is 5.32 Å². The topological polar surface area (TPSA) is 84.2 Å². The van der Waals surface area contributed by atoms with Gasteiger partial charge in [0.15, 0.2) is 5.11 Å². The number of amides is 2. The number of thiocarbonyl (C=S) groups is 1. The zero-order valence-electron chi connectivity index (χ0n) is 11.9. The van der Waals surface area contributed by atoms with Gasteiger partial charge in [0.05, 0.1) is 16.8 Å². The van der Waals surface area contributed by atoms with Crippen molar-refractivity contribution < 1.29 is 9.59 Å². The van der Waals surface area contributed by atoms with Crippen molar-refractivity contribution in [2.24, 2.45) is 5.73 Å². The largest absolute Gasteiger partial charge is 0.366 e. The first-order valence-electron chi connectivity index (χ1n) is 6.45. The maximum absolute atomic E-state index is 12.4. The van der Waals surface area contributed by atoms with E-state index in [1.165, 1.54) is 0 Å². The Morgan fingerprint density at radius 3 is 2.46 bits per heavy atom. The Hall–Kier alpha value is -0.790. The van der Waals surface area contributed by atoms with Gasteiger partial charge in [-0.05, 0) is 97.6 Å². The molecule has 24 heavy (non-hydrogen) atoms. The second kappa shape index (κ2) is 8.54. The number of hydrogen-bond donors (Lipinski definition) is 3. The van der Waals surface area contributed by atoms with Crippen LogP contribution in [-0.2, 0) is 0 Å². The Balaban J connectivity index is 2.16. The summed E-state index contributed by atoms with van der Waals surface area (Å²) in [4.78, 5) is 23.8. The van der Waals surface area contributed by atoms with Crippen molar-refractivity contribution in [1.82, 2.24) is 5.32 Å². The van der Waals surface area contributed by atoms with Crippen LogP contribution in [0.25, 0.3) is 0 Å². The summed E-state index contributed by atoms with van der Waals surface area (Å²) >= 11 is 12.8. The quantitative estimate of drug-likeness (QED) is 0.274. The van der Waals surface area contributed by atoms with E-state index >= 15 is 0 Å². The Bertz CT molecular complexity index is 845. The number of nitrogens with one attached hydrogen (secondary N) is 2. The van der Waals surface area contributed by atoms with Gasteiger partial charge in [-0.3, -0.25) is 14.9 Å². The van der Waals surface area contributed by atoms with Gasteiger partial charge >= 0.3 is 0 Å². The fourth-order valence-corrected chi connectivity index (χ4v) is 4.31. The highest BCUT2D eigenvalue weighted by molar-refractivity contribution is 14.1. The number of hydrogen-bond acceptors (Lipinski definition) is 3. The number of nitrogens with two attached hydrogens (primary N) is 1. The predicted octanol–water partition coefficient (Wildman–Crippen LogP) is 3.88. The van der Waals surface area contributed by atoms with Crippen LogP contribution in [-0.4, -0.2) is 16.9 Å². The second-order valence-electron chi connectivity index (χ2n) is 4.57. The molecule has 0 saturated heterocycles. The molecule has 0 aliphatic heterocycles. The van der Waals surface area contributed by atoms with Gasteiger partial charge < -0.3 is 11.1 Å². The molecule has 4 N–H and O–H groups in total. The number of anilines is 1. The number of benzene rings is 2. The molecular weight excluding hydrogens is 620 g/mol. The van der Waals surface area contributed by atoms with Crippen LogP contribution in [0.3, 0.4) is 0 Å². The maximum atomic E-state index is 12.4. The first-order chi connectivity index (χ1) is 11.3. The third-order valence-corrected chi connectivity index (χ3v) is 6.18. The molecule has 5 nitrogen and oxygen atoms in total. The molecule has 0 heterocycles. The third kappa shape index (κ3) is 4.86. The molecule has 2 aromatic carbocycles. The minimum absolute atomic E-state index is 0.0782. The molecule has 0 radical (unpaired) electrons. The Morgan fingerprint density at radius 2 is 1.79 bits per heavy atom. The van der Waals surface area contributed by atoms with Crippen molar-refractivity contribution in [3.05, 3.63) is 59.1 Å². The van der Waals surface area contributed by atoms with E-state index < -0.39 is 5.91 Å². The van der Waals surface area contributed by atoms with Crippen LogP contribution in [0, 0.1) is 7.14 Å². The summed E-state index contributed by atoms with van der Waals surface area (Å²) in [5, 5.41) is 5.50. The van der Waals surface area contributed by atoms with Crippen molar-refractivity contribution in [3.8, 4) is 0 Å². The molecule has 0 aliphatic rings. The van der Waals surface area contributed by atoms with Gasteiger partial charge in [0.25, 0.3) is 11.8 Å². The summed E-state index contributed by atoms with van der Waals surface area (Å²) in [5.41, 5.74) is 6.52. The summed E-state index contributed by atoms with van der Waals surface area (Å²) in [6.07, 6.45) is 0. The lowest BCUT2D eigenvalue weighted by molar-refractivity contribution is 0.0974. The molecule has 124 valence electrons. The SMILES string of the molecule is NC(=O)c1ccccc1NC(=S)NC(=O)c1cc(I)cc(I)c1Br. The summed E-state index contributed by atoms with van der Waals surface area (Å²) in [5.74, 6) is -0.936. The fraction of sp³-hybridized carbons (Fsp3) is 0. The van der Waals surface area contributed by atoms with E-state index in [1.54, 1.807) is 30.3 Å². The van der Waals surface area contributed by atoms with Crippen LogP contribution in [0.4, 0.5) is 5.69 Å². The number of primary amides is 1. The maximum Gasteiger partial charge on any atom is 0.258 e. The van der Waals surface area contributed by atoms with E-state index in [0.717, 1.165) is 7.14 Å². The summed E-state index contributed by atoms with van der Waals surface area (Å²) in [7, 11) is 0. The second-order valence-corrected chi connectivity index (χ2v) is 8.18. The lowest BCUT2D eigenvalue weighted by atomic mass is 10.1. The van der Waals surface area contributed by atoms with Gasteiger partial charge in [-0.25, -0.2) is 0 Å². The number of halogens is 3. The highest BCUT2D eigenvalue weighted by atomic mass is 127. The molecule has 0 aliphatic carbocycles. The standard InChI is InChI=1S/C15H10BrI2N3O2S/c16-12-9(5-7(17)6-10(12)18)14(23)21-15(24)20-11-4-2-1-3-8(11)13(19)22/h1-6H,(H2,19,22)(H2,20,21,23,24). The van der Waals surface area contributed by atoms with Gasteiger partial charge in [-0.1, -0.05) is 12.1 Å². The first-order valence-corrected chi connectivity index (χ1v) is 9.81. The van der Waals surface area contributed by atoms with E-state index in [0.29, 0.717) is 21.3 Å². The molecule has 0 bridgehead atoms. The fourth-order valence-electron chi connectivity index (χ4n) is 1.85. The van der Waals surface area contributed by atoms with Gasteiger partial charge in [0.1, 0.15) is 0 Å². The van der Waals surface area contributed by atoms with Gasteiger partial charge in [-0.2, -0.15) is 0 Å². The molecule has 2 rings (SSSR count).